The Balaban J connectivity index is 2.15. The van der Waals surface area contributed by atoms with Gasteiger partial charge in [0, 0.05) is 12.7 Å². The summed E-state index contributed by atoms with van der Waals surface area (Å²) in [5.41, 5.74) is 0.776. The van der Waals surface area contributed by atoms with Gasteiger partial charge < -0.3 is 15.4 Å². The number of fused-ring (bicyclic) bond motifs is 1. The Morgan fingerprint density at radius 3 is 2.86 bits per heavy atom. The Morgan fingerprint density at radius 1 is 1.48 bits per heavy atom. The SMILES string of the molecule is COc1ccc2nc(NC(=O)C(CS)NC(C)=O)sc2c1. The Morgan fingerprint density at radius 2 is 2.24 bits per heavy atom. The molecule has 0 spiro atoms. The number of nitrogens with zero attached hydrogens (tertiary/aromatic N) is 1. The minimum atomic E-state index is -0.688. The number of thiazole rings is 1. The third-order valence-corrected chi connectivity index (χ3v) is 4.00. The molecule has 2 rings (SSSR count). The average Bonchev–Trinajstić information content (AvgIpc) is 2.85. The summed E-state index contributed by atoms with van der Waals surface area (Å²) in [5, 5.41) is 5.69. The number of carbonyl (C=O) groups is 2. The smallest absolute Gasteiger partial charge is 0.249 e. The number of benzene rings is 1. The summed E-state index contributed by atoms with van der Waals surface area (Å²) in [4.78, 5) is 27.4. The van der Waals surface area contributed by atoms with E-state index < -0.39 is 6.04 Å². The van der Waals surface area contributed by atoms with Gasteiger partial charge in [-0.25, -0.2) is 4.98 Å². The highest BCUT2D eigenvalue weighted by Crippen LogP contribution is 2.29. The van der Waals surface area contributed by atoms with Crippen LogP contribution in [0.5, 0.6) is 5.75 Å². The molecule has 6 nitrogen and oxygen atoms in total. The normalized spacial score (nSPS) is 12.0. The number of rotatable bonds is 5. The molecule has 112 valence electrons. The summed E-state index contributed by atoms with van der Waals surface area (Å²) in [6, 6.07) is 4.80. The van der Waals surface area contributed by atoms with E-state index in [9.17, 15) is 9.59 Å². The number of anilines is 1. The van der Waals surface area contributed by atoms with Gasteiger partial charge in [0.15, 0.2) is 5.13 Å². The van der Waals surface area contributed by atoms with Crippen molar-refractivity contribution in [3.63, 3.8) is 0 Å². The zero-order chi connectivity index (χ0) is 15.4. The number of hydrogen-bond acceptors (Lipinski definition) is 6. The van der Waals surface area contributed by atoms with E-state index in [1.165, 1.54) is 18.3 Å². The van der Waals surface area contributed by atoms with Crippen LogP contribution in [0.1, 0.15) is 6.92 Å². The summed E-state index contributed by atoms with van der Waals surface area (Å²) >= 11 is 5.40. The molecule has 2 N–H and O–H groups in total. The number of amides is 2. The van der Waals surface area contributed by atoms with Gasteiger partial charge in [-0.05, 0) is 18.2 Å². The molecule has 2 amide bonds. The molecule has 0 aliphatic heterocycles. The monoisotopic (exact) mass is 325 g/mol. The van der Waals surface area contributed by atoms with Crippen LogP contribution in [0.3, 0.4) is 0 Å². The van der Waals surface area contributed by atoms with E-state index in [1.54, 1.807) is 7.11 Å². The molecule has 1 heterocycles. The minimum absolute atomic E-state index is 0.212. The van der Waals surface area contributed by atoms with Crippen LogP contribution < -0.4 is 15.4 Å². The number of ether oxygens (including phenoxy) is 1. The molecule has 8 heteroatoms. The van der Waals surface area contributed by atoms with E-state index in [4.69, 9.17) is 4.74 Å². The van der Waals surface area contributed by atoms with Gasteiger partial charge >= 0.3 is 0 Å². The lowest BCUT2D eigenvalue weighted by molar-refractivity contribution is -0.124. The highest BCUT2D eigenvalue weighted by molar-refractivity contribution is 7.80. The zero-order valence-electron chi connectivity index (χ0n) is 11.5. The lowest BCUT2D eigenvalue weighted by atomic mass is 10.3. The molecule has 0 saturated heterocycles. The lowest BCUT2D eigenvalue weighted by Gasteiger charge is -2.13. The second-order valence-corrected chi connectivity index (χ2v) is 5.67. The first-order valence-electron chi connectivity index (χ1n) is 6.17. The van der Waals surface area contributed by atoms with E-state index >= 15 is 0 Å². The first-order valence-corrected chi connectivity index (χ1v) is 7.61. The van der Waals surface area contributed by atoms with Gasteiger partial charge in [0.1, 0.15) is 11.8 Å². The molecular formula is C13H15N3O3S2. The molecule has 0 saturated carbocycles. The van der Waals surface area contributed by atoms with Crippen LogP contribution in [-0.2, 0) is 9.59 Å². The molecule has 0 radical (unpaired) electrons. The van der Waals surface area contributed by atoms with Gasteiger partial charge in [0.25, 0.3) is 0 Å². The second kappa shape index (κ2) is 6.77. The zero-order valence-corrected chi connectivity index (χ0v) is 13.3. The van der Waals surface area contributed by atoms with Gasteiger partial charge in [-0.2, -0.15) is 12.6 Å². The van der Waals surface area contributed by atoms with Crippen molar-refractivity contribution in [2.45, 2.75) is 13.0 Å². The first-order chi connectivity index (χ1) is 10.0. The Bertz CT molecular complexity index is 672. The second-order valence-electron chi connectivity index (χ2n) is 4.28. The topological polar surface area (TPSA) is 80.3 Å². The highest BCUT2D eigenvalue weighted by atomic mass is 32.1. The summed E-state index contributed by atoms with van der Waals surface area (Å²) < 4.78 is 6.05. The molecule has 0 bridgehead atoms. The number of thiol groups is 1. The summed E-state index contributed by atoms with van der Waals surface area (Å²) in [6.07, 6.45) is 0. The maximum absolute atomic E-state index is 12.0. The van der Waals surface area contributed by atoms with E-state index in [-0.39, 0.29) is 17.6 Å². The molecule has 1 unspecified atom stereocenters. The predicted octanol–water partition coefficient (Wildman–Crippen LogP) is 1.68. The molecule has 2 aromatic rings. The Kier molecular flexibility index (Phi) is 5.03. The maximum atomic E-state index is 12.0. The molecule has 0 aliphatic rings. The fourth-order valence-electron chi connectivity index (χ4n) is 1.72. The van der Waals surface area contributed by atoms with Crippen LogP contribution >= 0.6 is 24.0 Å². The summed E-state index contributed by atoms with van der Waals surface area (Å²) in [7, 11) is 1.59. The van der Waals surface area contributed by atoms with Crippen LogP contribution in [0, 0.1) is 0 Å². The third-order valence-electron chi connectivity index (χ3n) is 2.70. The van der Waals surface area contributed by atoms with Crippen LogP contribution in [0.4, 0.5) is 5.13 Å². The third kappa shape index (κ3) is 3.85. The van der Waals surface area contributed by atoms with Crippen molar-refractivity contribution in [1.82, 2.24) is 10.3 Å². The van der Waals surface area contributed by atoms with E-state index in [2.05, 4.69) is 28.2 Å². The van der Waals surface area contributed by atoms with E-state index in [0.717, 1.165) is 16.0 Å². The van der Waals surface area contributed by atoms with Crippen molar-refractivity contribution in [2.75, 3.05) is 18.2 Å². The maximum Gasteiger partial charge on any atom is 0.249 e. The Labute approximate surface area is 131 Å². The van der Waals surface area contributed by atoms with Crippen LogP contribution in [0.15, 0.2) is 18.2 Å². The number of hydrogen-bond donors (Lipinski definition) is 3. The molecule has 0 aliphatic carbocycles. The highest BCUT2D eigenvalue weighted by Gasteiger charge is 2.19. The number of carbonyl (C=O) groups excluding carboxylic acids is 2. The van der Waals surface area contributed by atoms with Crippen molar-refractivity contribution in [2.24, 2.45) is 0 Å². The number of nitrogens with one attached hydrogen (secondary N) is 2. The number of aromatic nitrogens is 1. The van der Waals surface area contributed by atoms with Crippen molar-refractivity contribution in [3.8, 4) is 5.75 Å². The van der Waals surface area contributed by atoms with Crippen LogP contribution in [0.2, 0.25) is 0 Å². The lowest BCUT2D eigenvalue weighted by Crippen LogP contribution is -2.44. The van der Waals surface area contributed by atoms with E-state index in [0.29, 0.717) is 5.13 Å². The van der Waals surface area contributed by atoms with Crippen molar-refractivity contribution in [3.05, 3.63) is 18.2 Å². The quantitative estimate of drug-likeness (QED) is 0.731. The molecule has 1 aromatic carbocycles. The van der Waals surface area contributed by atoms with Crippen molar-refractivity contribution in [1.29, 1.82) is 0 Å². The minimum Gasteiger partial charge on any atom is -0.497 e. The molecule has 0 fully saturated rings. The fraction of sp³-hybridized carbons (Fsp3) is 0.308. The molecular weight excluding hydrogens is 310 g/mol. The van der Waals surface area contributed by atoms with Gasteiger partial charge in [-0.1, -0.05) is 11.3 Å². The first kappa shape index (κ1) is 15.6. The van der Waals surface area contributed by atoms with Gasteiger partial charge in [-0.15, -0.1) is 0 Å². The standard InChI is InChI=1S/C13H15N3O3S2/c1-7(17)14-10(6-20)12(18)16-13-15-9-4-3-8(19-2)5-11(9)21-13/h3-5,10,20H,6H2,1-2H3,(H,14,17)(H,15,16,18). The molecule has 1 atom stereocenters. The van der Waals surface area contributed by atoms with Gasteiger partial charge in [0.2, 0.25) is 11.8 Å². The summed E-state index contributed by atoms with van der Waals surface area (Å²) in [6.45, 7) is 1.35. The molecule has 21 heavy (non-hydrogen) atoms. The molecule has 1 aromatic heterocycles. The van der Waals surface area contributed by atoms with Crippen molar-refractivity contribution < 1.29 is 14.3 Å². The fourth-order valence-corrected chi connectivity index (χ4v) is 2.87. The van der Waals surface area contributed by atoms with Crippen LogP contribution in [-0.4, -0.2) is 35.7 Å². The number of methoxy groups -OCH3 is 1. The summed E-state index contributed by atoms with van der Waals surface area (Å²) in [5.74, 6) is 0.324. The largest absolute Gasteiger partial charge is 0.497 e. The van der Waals surface area contributed by atoms with E-state index in [1.807, 2.05) is 18.2 Å². The predicted molar refractivity (Wildman–Crippen MR) is 86.3 cm³/mol. The van der Waals surface area contributed by atoms with Crippen molar-refractivity contribution >= 4 is 51.1 Å². The van der Waals surface area contributed by atoms with Crippen LogP contribution in [0.25, 0.3) is 10.2 Å². The Hall–Kier alpha value is -1.80. The average molecular weight is 325 g/mol. The van der Waals surface area contributed by atoms with Gasteiger partial charge in [-0.3, -0.25) is 9.59 Å². The van der Waals surface area contributed by atoms with Gasteiger partial charge in [0.05, 0.1) is 17.3 Å².